The first-order chi connectivity index (χ1) is 6.81. The molecule has 0 aromatic heterocycles. The van der Waals surface area contributed by atoms with Crippen LogP contribution in [0.15, 0.2) is 0 Å². The number of hydrogen-bond acceptors (Lipinski definition) is 3. The van der Waals surface area contributed by atoms with Crippen LogP contribution in [0.2, 0.25) is 0 Å². The Morgan fingerprint density at radius 2 is 1.80 bits per heavy atom. The fourth-order valence-electron chi connectivity index (χ4n) is 1.21. The van der Waals surface area contributed by atoms with Gasteiger partial charge in [0.05, 0.1) is 12.2 Å². The Labute approximate surface area is 94.2 Å². The maximum absolute atomic E-state index is 10.1. The van der Waals surface area contributed by atoms with Crippen LogP contribution in [0.5, 0.6) is 0 Å². The fourth-order valence-corrected chi connectivity index (χ4v) is 1.21. The lowest BCUT2D eigenvalue weighted by atomic mass is 9.92. The Hall–Kier alpha value is -0.120. The molecule has 0 bridgehead atoms. The van der Waals surface area contributed by atoms with Gasteiger partial charge < -0.3 is 15.2 Å². The van der Waals surface area contributed by atoms with Crippen LogP contribution in [0, 0.1) is 11.8 Å². The standard InChI is InChI=1S/C12H27NO2/c1-9(2)11(7-15-6)13-8-12(5,14)10(3)4/h9-11,13-14H,7-8H2,1-6H3. The number of ether oxygens (including phenoxy) is 1. The lowest BCUT2D eigenvalue weighted by molar-refractivity contribution is 0.00694. The monoisotopic (exact) mass is 217 g/mol. The molecule has 2 atom stereocenters. The lowest BCUT2D eigenvalue weighted by Gasteiger charge is -2.31. The molecule has 2 N–H and O–H groups in total. The highest BCUT2D eigenvalue weighted by atomic mass is 16.5. The van der Waals surface area contributed by atoms with Crippen molar-refractivity contribution in [3.05, 3.63) is 0 Å². The molecular weight excluding hydrogens is 190 g/mol. The van der Waals surface area contributed by atoms with Crippen molar-refractivity contribution in [3.63, 3.8) is 0 Å². The Morgan fingerprint density at radius 3 is 2.13 bits per heavy atom. The molecule has 0 aliphatic rings. The summed E-state index contributed by atoms with van der Waals surface area (Å²) in [5.74, 6) is 0.758. The maximum atomic E-state index is 10.1. The Balaban J connectivity index is 4.09. The normalized spacial score (nSPS) is 18.2. The molecule has 0 aliphatic heterocycles. The van der Waals surface area contributed by atoms with Gasteiger partial charge in [-0.05, 0) is 18.8 Å². The van der Waals surface area contributed by atoms with E-state index in [1.165, 1.54) is 0 Å². The third kappa shape index (κ3) is 5.50. The van der Waals surface area contributed by atoms with E-state index in [0.717, 1.165) is 0 Å². The molecule has 0 aromatic rings. The van der Waals surface area contributed by atoms with Gasteiger partial charge in [-0.25, -0.2) is 0 Å². The molecule has 0 spiro atoms. The molecule has 0 saturated carbocycles. The molecule has 0 aliphatic carbocycles. The average molecular weight is 217 g/mol. The van der Waals surface area contributed by atoms with E-state index < -0.39 is 5.60 Å². The number of hydrogen-bond donors (Lipinski definition) is 2. The van der Waals surface area contributed by atoms with E-state index in [-0.39, 0.29) is 5.92 Å². The largest absolute Gasteiger partial charge is 0.389 e. The van der Waals surface area contributed by atoms with Gasteiger partial charge in [0.15, 0.2) is 0 Å². The summed E-state index contributed by atoms with van der Waals surface area (Å²) in [6.07, 6.45) is 0. The first-order valence-electron chi connectivity index (χ1n) is 5.76. The third-order valence-corrected chi connectivity index (χ3v) is 3.12. The zero-order valence-electron chi connectivity index (χ0n) is 11.0. The lowest BCUT2D eigenvalue weighted by Crippen LogP contribution is -2.48. The van der Waals surface area contributed by atoms with Gasteiger partial charge in [-0.2, -0.15) is 0 Å². The molecule has 0 fully saturated rings. The predicted molar refractivity (Wildman–Crippen MR) is 64.0 cm³/mol. The van der Waals surface area contributed by atoms with E-state index in [9.17, 15) is 5.11 Å². The van der Waals surface area contributed by atoms with Crippen molar-refractivity contribution in [2.75, 3.05) is 20.3 Å². The Kier molecular flexibility index (Phi) is 6.41. The second-order valence-electron chi connectivity index (χ2n) is 5.20. The summed E-state index contributed by atoms with van der Waals surface area (Å²) in [6, 6.07) is 0.306. The van der Waals surface area contributed by atoms with Gasteiger partial charge in [0.25, 0.3) is 0 Å². The zero-order chi connectivity index (χ0) is 12.1. The minimum Gasteiger partial charge on any atom is -0.389 e. The summed E-state index contributed by atoms with van der Waals surface area (Å²) in [4.78, 5) is 0. The van der Waals surface area contributed by atoms with E-state index >= 15 is 0 Å². The minimum atomic E-state index is -0.652. The van der Waals surface area contributed by atoms with Crippen LogP contribution in [-0.4, -0.2) is 37.0 Å². The zero-order valence-corrected chi connectivity index (χ0v) is 11.0. The highest BCUT2D eigenvalue weighted by Crippen LogP contribution is 2.15. The second kappa shape index (κ2) is 6.46. The molecule has 0 aromatic carbocycles. The summed E-state index contributed by atoms with van der Waals surface area (Å²) in [5.41, 5.74) is -0.652. The summed E-state index contributed by atoms with van der Waals surface area (Å²) in [6.45, 7) is 11.5. The summed E-state index contributed by atoms with van der Waals surface area (Å²) in [7, 11) is 1.71. The smallest absolute Gasteiger partial charge is 0.0766 e. The van der Waals surface area contributed by atoms with Gasteiger partial charge in [0.2, 0.25) is 0 Å². The number of rotatable bonds is 7. The van der Waals surface area contributed by atoms with Crippen molar-refractivity contribution in [3.8, 4) is 0 Å². The van der Waals surface area contributed by atoms with Gasteiger partial charge >= 0.3 is 0 Å². The van der Waals surface area contributed by atoms with Crippen LogP contribution >= 0.6 is 0 Å². The number of aliphatic hydroxyl groups is 1. The minimum absolute atomic E-state index is 0.250. The van der Waals surface area contributed by atoms with Crippen molar-refractivity contribution in [1.82, 2.24) is 5.32 Å². The van der Waals surface area contributed by atoms with Crippen molar-refractivity contribution < 1.29 is 9.84 Å². The van der Waals surface area contributed by atoms with Crippen LogP contribution in [0.25, 0.3) is 0 Å². The fraction of sp³-hybridized carbons (Fsp3) is 1.00. The Morgan fingerprint density at radius 1 is 1.27 bits per heavy atom. The molecular formula is C12H27NO2. The van der Waals surface area contributed by atoms with Crippen molar-refractivity contribution in [2.24, 2.45) is 11.8 Å². The molecule has 3 nitrogen and oxygen atoms in total. The van der Waals surface area contributed by atoms with E-state index in [1.54, 1.807) is 7.11 Å². The second-order valence-corrected chi connectivity index (χ2v) is 5.20. The summed E-state index contributed by atoms with van der Waals surface area (Å²) >= 11 is 0. The van der Waals surface area contributed by atoms with Crippen LogP contribution in [0.3, 0.4) is 0 Å². The average Bonchev–Trinajstić information content (AvgIpc) is 2.11. The van der Waals surface area contributed by atoms with E-state index in [2.05, 4.69) is 19.2 Å². The van der Waals surface area contributed by atoms with Crippen LogP contribution < -0.4 is 5.32 Å². The van der Waals surface area contributed by atoms with Crippen LogP contribution in [0.4, 0.5) is 0 Å². The molecule has 2 unspecified atom stereocenters. The highest BCUT2D eigenvalue weighted by molar-refractivity contribution is 4.82. The molecule has 0 radical (unpaired) electrons. The van der Waals surface area contributed by atoms with Crippen molar-refractivity contribution in [1.29, 1.82) is 0 Å². The highest BCUT2D eigenvalue weighted by Gasteiger charge is 2.26. The summed E-state index contributed by atoms with van der Waals surface area (Å²) in [5, 5.41) is 13.5. The van der Waals surface area contributed by atoms with E-state index in [1.807, 2.05) is 20.8 Å². The SMILES string of the molecule is COCC(NCC(C)(O)C(C)C)C(C)C. The summed E-state index contributed by atoms with van der Waals surface area (Å²) < 4.78 is 5.15. The number of methoxy groups -OCH3 is 1. The topological polar surface area (TPSA) is 41.5 Å². The van der Waals surface area contributed by atoms with Gasteiger partial charge in [0, 0.05) is 19.7 Å². The molecule has 15 heavy (non-hydrogen) atoms. The van der Waals surface area contributed by atoms with Gasteiger partial charge in [-0.1, -0.05) is 27.7 Å². The number of nitrogens with one attached hydrogen (secondary N) is 1. The molecule has 0 heterocycles. The van der Waals surface area contributed by atoms with E-state index in [4.69, 9.17) is 4.74 Å². The molecule has 0 saturated heterocycles. The van der Waals surface area contributed by atoms with Gasteiger partial charge in [0.1, 0.15) is 0 Å². The molecule has 3 heteroatoms. The third-order valence-electron chi connectivity index (χ3n) is 3.12. The van der Waals surface area contributed by atoms with Crippen molar-refractivity contribution >= 4 is 0 Å². The molecule has 92 valence electrons. The first-order valence-corrected chi connectivity index (χ1v) is 5.76. The van der Waals surface area contributed by atoms with Crippen LogP contribution in [-0.2, 0) is 4.74 Å². The predicted octanol–water partition coefficient (Wildman–Crippen LogP) is 1.65. The molecule has 0 amide bonds. The Bertz CT molecular complexity index is 167. The quantitative estimate of drug-likeness (QED) is 0.681. The maximum Gasteiger partial charge on any atom is 0.0766 e. The van der Waals surface area contributed by atoms with Crippen LogP contribution in [0.1, 0.15) is 34.6 Å². The molecule has 0 rings (SSSR count). The van der Waals surface area contributed by atoms with Gasteiger partial charge in [-0.15, -0.1) is 0 Å². The van der Waals surface area contributed by atoms with Crippen molar-refractivity contribution in [2.45, 2.75) is 46.3 Å². The first kappa shape index (κ1) is 14.9. The van der Waals surface area contributed by atoms with Gasteiger partial charge in [-0.3, -0.25) is 0 Å². The van der Waals surface area contributed by atoms with E-state index in [0.29, 0.717) is 25.1 Å².